The summed E-state index contributed by atoms with van der Waals surface area (Å²) < 4.78 is 5.63. The molecule has 0 fully saturated rings. The zero-order valence-electron chi connectivity index (χ0n) is 12.0. The second-order valence-electron chi connectivity index (χ2n) is 5.53. The average molecular weight is 301 g/mol. The number of hydrogen-bond donors (Lipinski definition) is 2. The summed E-state index contributed by atoms with van der Waals surface area (Å²) in [5.41, 5.74) is 6.01. The smallest absolute Gasteiger partial charge is 0.220 e. The number of hydrogen-bond acceptors (Lipinski definition) is 5. The van der Waals surface area contributed by atoms with Gasteiger partial charge in [0.25, 0.3) is 0 Å². The number of fused-ring (bicyclic) bond motifs is 1. The molecular formula is C16H15NO5. The maximum absolute atomic E-state index is 12.6. The van der Waals surface area contributed by atoms with Crippen molar-refractivity contribution in [1.82, 2.24) is 0 Å². The van der Waals surface area contributed by atoms with Crippen molar-refractivity contribution < 1.29 is 24.2 Å². The van der Waals surface area contributed by atoms with Crippen LogP contribution < -0.4 is 5.73 Å². The fourth-order valence-corrected chi connectivity index (χ4v) is 3.13. The highest BCUT2D eigenvalue weighted by Gasteiger charge is 2.41. The van der Waals surface area contributed by atoms with Crippen LogP contribution in [0, 0.1) is 0 Å². The van der Waals surface area contributed by atoms with Gasteiger partial charge in [0.2, 0.25) is 5.91 Å². The molecule has 0 saturated heterocycles. The molecule has 22 heavy (non-hydrogen) atoms. The lowest BCUT2D eigenvalue weighted by Gasteiger charge is -2.33. The molecule has 1 aromatic carbocycles. The standard InChI is InChI=1S/C16H15NO5/c1-7-13-10(5-8(22-7)6-12(17)19)15(20)9-3-2-4-11(18)14(9)16(13)21/h2-4,7-8,18H,5-6H2,1H3,(H2,17,19). The predicted octanol–water partition coefficient (Wildman–Crippen LogP) is 1.12. The highest BCUT2D eigenvalue weighted by molar-refractivity contribution is 6.28. The molecule has 6 nitrogen and oxygen atoms in total. The molecule has 2 aliphatic rings. The second-order valence-corrected chi connectivity index (χ2v) is 5.53. The monoisotopic (exact) mass is 301 g/mol. The summed E-state index contributed by atoms with van der Waals surface area (Å²) in [4.78, 5) is 36.3. The van der Waals surface area contributed by atoms with Crippen LogP contribution in [0.4, 0.5) is 0 Å². The molecule has 0 bridgehead atoms. The number of ketones is 2. The van der Waals surface area contributed by atoms with E-state index in [0.29, 0.717) is 5.57 Å². The van der Waals surface area contributed by atoms with Crippen molar-refractivity contribution in [2.75, 3.05) is 0 Å². The van der Waals surface area contributed by atoms with E-state index in [4.69, 9.17) is 10.5 Å². The number of carbonyl (C=O) groups excluding carboxylic acids is 3. The van der Waals surface area contributed by atoms with E-state index in [1.807, 2.05) is 0 Å². The van der Waals surface area contributed by atoms with Crippen molar-refractivity contribution in [3.05, 3.63) is 40.5 Å². The summed E-state index contributed by atoms with van der Waals surface area (Å²) in [5, 5.41) is 9.89. The van der Waals surface area contributed by atoms with Gasteiger partial charge in [0.1, 0.15) is 5.75 Å². The Kier molecular flexibility index (Phi) is 3.33. The number of aromatic hydroxyl groups is 1. The van der Waals surface area contributed by atoms with E-state index >= 15 is 0 Å². The Morgan fingerprint density at radius 2 is 2.09 bits per heavy atom. The van der Waals surface area contributed by atoms with Gasteiger partial charge in [-0.25, -0.2) is 0 Å². The van der Waals surface area contributed by atoms with E-state index in [-0.39, 0.29) is 41.1 Å². The molecule has 1 amide bonds. The molecule has 0 aromatic heterocycles. The molecule has 114 valence electrons. The van der Waals surface area contributed by atoms with Crippen LogP contribution in [0.2, 0.25) is 0 Å². The molecule has 3 N–H and O–H groups in total. The first kappa shape index (κ1) is 14.5. The number of phenols is 1. The van der Waals surface area contributed by atoms with Gasteiger partial charge in [0.15, 0.2) is 11.6 Å². The Bertz CT molecular complexity index is 734. The fraction of sp³-hybridized carbons (Fsp3) is 0.312. The van der Waals surface area contributed by atoms with Gasteiger partial charge in [-0.3, -0.25) is 14.4 Å². The number of ether oxygens (including phenoxy) is 1. The Labute approximate surface area is 126 Å². The van der Waals surface area contributed by atoms with Gasteiger partial charge >= 0.3 is 0 Å². The molecule has 1 aromatic rings. The first-order valence-electron chi connectivity index (χ1n) is 6.98. The van der Waals surface area contributed by atoms with Gasteiger partial charge in [0.05, 0.1) is 24.2 Å². The molecule has 1 aliphatic heterocycles. The van der Waals surface area contributed by atoms with E-state index in [1.54, 1.807) is 6.92 Å². The number of rotatable bonds is 2. The van der Waals surface area contributed by atoms with Gasteiger partial charge in [-0.15, -0.1) is 0 Å². The molecule has 0 saturated carbocycles. The van der Waals surface area contributed by atoms with Crippen molar-refractivity contribution >= 4 is 17.5 Å². The van der Waals surface area contributed by atoms with Gasteiger partial charge in [-0.2, -0.15) is 0 Å². The number of phenolic OH excluding ortho intramolecular Hbond substituents is 1. The van der Waals surface area contributed by atoms with Crippen LogP contribution in [0.15, 0.2) is 29.3 Å². The Hall–Kier alpha value is -2.47. The van der Waals surface area contributed by atoms with E-state index in [9.17, 15) is 19.5 Å². The third kappa shape index (κ3) is 2.12. The fourth-order valence-electron chi connectivity index (χ4n) is 3.13. The minimum Gasteiger partial charge on any atom is -0.507 e. The Balaban J connectivity index is 2.08. The summed E-state index contributed by atoms with van der Waals surface area (Å²) in [6.07, 6.45) is -0.975. The molecule has 0 radical (unpaired) electrons. The van der Waals surface area contributed by atoms with Gasteiger partial charge in [0, 0.05) is 23.1 Å². The van der Waals surface area contributed by atoms with Gasteiger partial charge in [-0.1, -0.05) is 12.1 Å². The number of primary amides is 1. The van der Waals surface area contributed by atoms with E-state index in [0.717, 1.165) is 0 Å². The summed E-state index contributed by atoms with van der Waals surface area (Å²) in [6.45, 7) is 1.65. The van der Waals surface area contributed by atoms with Crippen LogP contribution in [-0.4, -0.2) is 34.8 Å². The average Bonchev–Trinajstić information content (AvgIpc) is 2.43. The second kappa shape index (κ2) is 5.06. The number of carbonyl (C=O) groups is 3. The number of nitrogens with two attached hydrogens (primary N) is 1. The van der Waals surface area contributed by atoms with Crippen LogP contribution in [-0.2, 0) is 9.53 Å². The first-order chi connectivity index (χ1) is 10.4. The van der Waals surface area contributed by atoms with Crippen LogP contribution in [0.1, 0.15) is 40.5 Å². The van der Waals surface area contributed by atoms with Crippen molar-refractivity contribution in [2.45, 2.75) is 32.0 Å². The van der Waals surface area contributed by atoms with E-state index in [1.165, 1.54) is 18.2 Å². The molecule has 6 heteroatoms. The quantitative estimate of drug-likeness (QED) is 0.851. The SMILES string of the molecule is CC1OC(CC(N)=O)CC2=C1C(=O)c1c(O)cccc1C2=O. The topological polar surface area (TPSA) is 107 Å². The first-order valence-corrected chi connectivity index (χ1v) is 6.98. The molecule has 3 rings (SSSR count). The van der Waals surface area contributed by atoms with Crippen LogP contribution >= 0.6 is 0 Å². The molecular weight excluding hydrogens is 286 g/mol. The highest BCUT2D eigenvalue weighted by atomic mass is 16.5. The molecule has 2 atom stereocenters. The largest absolute Gasteiger partial charge is 0.507 e. The lowest BCUT2D eigenvalue weighted by molar-refractivity contribution is -0.121. The predicted molar refractivity (Wildman–Crippen MR) is 76.6 cm³/mol. The third-order valence-electron chi connectivity index (χ3n) is 4.02. The van der Waals surface area contributed by atoms with Crippen molar-refractivity contribution in [2.24, 2.45) is 5.73 Å². The number of Topliss-reactive ketones (excluding diaryl/α,β-unsaturated/α-hetero) is 2. The zero-order valence-corrected chi connectivity index (χ0v) is 12.0. The minimum atomic E-state index is -0.627. The minimum absolute atomic E-state index is 0.00448. The normalized spacial score (nSPS) is 24.0. The van der Waals surface area contributed by atoms with Crippen LogP contribution in [0.5, 0.6) is 5.75 Å². The Morgan fingerprint density at radius 3 is 2.77 bits per heavy atom. The number of amides is 1. The molecule has 0 spiro atoms. The molecule has 2 unspecified atom stereocenters. The summed E-state index contributed by atoms with van der Waals surface area (Å²) in [5.74, 6) is -1.43. The lowest BCUT2D eigenvalue weighted by atomic mass is 9.78. The third-order valence-corrected chi connectivity index (χ3v) is 4.02. The zero-order chi connectivity index (χ0) is 16.0. The molecule has 1 heterocycles. The Morgan fingerprint density at radius 1 is 1.36 bits per heavy atom. The highest BCUT2D eigenvalue weighted by Crippen LogP contribution is 2.38. The lowest BCUT2D eigenvalue weighted by Crippen LogP contribution is -2.38. The maximum atomic E-state index is 12.6. The summed E-state index contributed by atoms with van der Waals surface area (Å²) >= 11 is 0. The summed E-state index contributed by atoms with van der Waals surface area (Å²) in [7, 11) is 0. The molecule has 1 aliphatic carbocycles. The van der Waals surface area contributed by atoms with Crippen molar-refractivity contribution in [1.29, 1.82) is 0 Å². The summed E-state index contributed by atoms with van der Waals surface area (Å²) in [6, 6.07) is 4.41. The van der Waals surface area contributed by atoms with Crippen molar-refractivity contribution in [3.8, 4) is 5.75 Å². The number of benzene rings is 1. The van der Waals surface area contributed by atoms with Crippen LogP contribution in [0.25, 0.3) is 0 Å². The maximum Gasteiger partial charge on any atom is 0.220 e. The van der Waals surface area contributed by atoms with E-state index in [2.05, 4.69) is 0 Å². The van der Waals surface area contributed by atoms with Gasteiger partial charge < -0.3 is 15.6 Å². The van der Waals surface area contributed by atoms with Gasteiger partial charge in [-0.05, 0) is 13.0 Å². The van der Waals surface area contributed by atoms with Crippen LogP contribution in [0.3, 0.4) is 0 Å². The van der Waals surface area contributed by atoms with Crippen molar-refractivity contribution in [3.63, 3.8) is 0 Å². The van der Waals surface area contributed by atoms with E-state index < -0.39 is 23.9 Å².